The number of Topliss-reactive ketones (excluding diaryl/α,β-unsaturated/α-hetero) is 1. The van der Waals surface area contributed by atoms with Crippen LogP contribution in [0.15, 0.2) is 47.4 Å². The predicted octanol–water partition coefficient (Wildman–Crippen LogP) is 2.74. The Labute approximate surface area is 161 Å². The van der Waals surface area contributed by atoms with Crippen LogP contribution in [-0.4, -0.2) is 38.9 Å². The van der Waals surface area contributed by atoms with E-state index in [4.69, 9.17) is 16.3 Å². The number of carbonyl (C=O) groups is 3. The topological polar surface area (TPSA) is 107 Å². The van der Waals surface area contributed by atoms with Gasteiger partial charge in [0.05, 0.1) is 21.2 Å². The number of benzene rings is 2. The summed E-state index contributed by atoms with van der Waals surface area (Å²) in [6.45, 7) is 0.757. The molecule has 0 spiro atoms. The van der Waals surface area contributed by atoms with Crippen molar-refractivity contribution in [1.29, 1.82) is 0 Å². The smallest absolute Gasteiger partial charge is 0.338 e. The first kappa shape index (κ1) is 20.6. The highest BCUT2D eigenvalue weighted by Gasteiger charge is 2.18. The monoisotopic (exact) mass is 409 g/mol. The zero-order chi connectivity index (χ0) is 20.2. The lowest BCUT2D eigenvalue weighted by Crippen LogP contribution is -2.22. The van der Waals surface area contributed by atoms with Crippen molar-refractivity contribution in [2.45, 2.75) is 11.8 Å². The Balaban J connectivity index is 2.06. The molecule has 0 aromatic heterocycles. The molecule has 0 aliphatic heterocycles. The van der Waals surface area contributed by atoms with Gasteiger partial charge in [-0.15, -0.1) is 0 Å². The molecule has 1 amide bonds. The van der Waals surface area contributed by atoms with E-state index in [-0.39, 0.29) is 21.3 Å². The number of ketones is 1. The molecule has 2 aromatic rings. The molecule has 7 nitrogen and oxygen atoms in total. The van der Waals surface area contributed by atoms with E-state index in [9.17, 15) is 22.8 Å². The van der Waals surface area contributed by atoms with Crippen molar-refractivity contribution in [1.82, 2.24) is 0 Å². The van der Waals surface area contributed by atoms with Gasteiger partial charge >= 0.3 is 5.97 Å². The van der Waals surface area contributed by atoms with Gasteiger partial charge in [0.2, 0.25) is 0 Å². The van der Waals surface area contributed by atoms with Crippen molar-refractivity contribution >= 4 is 44.8 Å². The number of carbonyl (C=O) groups excluding carboxylic acids is 3. The largest absolute Gasteiger partial charge is 0.452 e. The van der Waals surface area contributed by atoms with Crippen LogP contribution in [0.2, 0.25) is 5.02 Å². The molecule has 1 N–H and O–H groups in total. The summed E-state index contributed by atoms with van der Waals surface area (Å²) in [6, 6.07) is 10.1. The molecule has 0 saturated carbocycles. The average Bonchev–Trinajstić information content (AvgIpc) is 2.59. The molecule has 142 valence electrons. The molecule has 2 rings (SSSR count). The lowest BCUT2D eigenvalue weighted by Gasteiger charge is -2.10. The number of nitrogens with one attached hydrogen (secondary N) is 1. The van der Waals surface area contributed by atoms with Crippen LogP contribution in [0.5, 0.6) is 0 Å². The third-order valence-corrected chi connectivity index (χ3v) is 5.06. The van der Waals surface area contributed by atoms with E-state index >= 15 is 0 Å². The summed E-state index contributed by atoms with van der Waals surface area (Å²) in [5.74, 6) is -1.75. The maximum atomic E-state index is 12.1. The number of hydrogen-bond donors (Lipinski definition) is 1. The highest BCUT2D eigenvalue weighted by atomic mass is 35.5. The van der Waals surface area contributed by atoms with Crippen molar-refractivity contribution in [3.8, 4) is 0 Å². The maximum Gasteiger partial charge on any atom is 0.338 e. The summed E-state index contributed by atoms with van der Waals surface area (Å²) in [5, 5.41) is 2.47. The minimum atomic E-state index is -3.63. The molecular weight excluding hydrogens is 394 g/mol. The van der Waals surface area contributed by atoms with Crippen molar-refractivity contribution in [3.05, 3.63) is 58.6 Å². The number of esters is 1. The number of amides is 1. The molecule has 0 radical (unpaired) electrons. The van der Waals surface area contributed by atoms with Crippen molar-refractivity contribution in [2.75, 3.05) is 18.2 Å². The molecule has 2 aromatic carbocycles. The fourth-order valence-corrected chi connectivity index (χ4v) is 3.52. The molecule has 0 atom stereocenters. The Morgan fingerprint density at radius 3 is 2.41 bits per heavy atom. The van der Waals surface area contributed by atoms with E-state index in [1.807, 2.05) is 0 Å². The van der Waals surface area contributed by atoms with Crippen LogP contribution in [0, 0.1) is 0 Å². The number of ether oxygens (including phenoxy) is 1. The Bertz CT molecular complexity index is 1020. The first-order chi connectivity index (χ1) is 12.6. The van der Waals surface area contributed by atoms with Crippen LogP contribution < -0.4 is 5.32 Å². The van der Waals surface area contributed by atoms with Crippen LogP contribution in [0.4, 0.5) is 5.69 Å². The number of hydrogen-bond acceptors (Lipinski definition) is 6. The molecule has 9 heteroatoms. The number of rotatable bonds is 6. The third kappa shape index (κ3) is 5.38. The summed E-state index contributed by atoms with van der Waals surface area (Å²) in [4.78, 5) is 35.4. The number of anilines is 1. The Morgan fingerprint density at radius 2 is 1.78 bits per heavy atom. The Kier molecular flexibility index (Phi) is 6.35. The van der Waals surface area contributed by atoms with E-state index in [0.717, 1.165) is 12.3 Å². The lowest BCUT2D eigenvalue weighted by molar-refractivity contribution is -0.119. The van der Waals surface area contributed by atoms with Gasteiger partial charge in [0, 0.05) is 11.8 Å². The molecule has 0 aliphatic carbocycles. The Morgan fingerprint density at radius 1 is 1.11 bits per heavy atom. The van der Waals surface area contributed by atoms with Gasteiger partial charge in [-0.1, -0.05) is 23.7 Å². The van der Waals surface area contributed by atoms with Crippen molar-refractivity contribution in [2.24, 2.45) is 0 Å². The lowest BCUT2D eigenvalue weighted by atomic mass is 10.1. The van der Waals surface area contributed by atoms with E-state index in [2.05, 4.69) is 5.32 Å². The van der Waals surface area contributed by atoms with E-state index in [1.165, 1.54) is 19.1 Å². The van der Waals surface area contributed by atoms with Gasteiger partial charge in [0.15, 0.2) is 22.2 Å². The van der Waals surface area contributed by atoms with Gasteiger partial charge in [-0.2, -0.15) is 0 Å². The van der Waals surface area contributed by atoms with Crippen LogP contribution in [-0.2, 0) is 19.4 Å². The molecule has 0 saturated heterocycles. The minimum Gasteiger partial charge on any atom is -0.452 e. The Hall–Kier alpha value is -2.71. The van der Waals surface area contributed by atoms with Crippen molar-refractivity contribution in [3.63, 3.8) is 0 Å². The van der Waals surface area contributed by atoms with Crippen LogP contribution >= 0.6 is 11.6 Å². The summed E-state index contributed by atoms with van der Waals surface area (Å²) < 4.78 is 28.2. The fourth-order valence-electron chi connectivity index (χ4n) is 2.21. The fraction of sp³-hybridized carbons (Fsp3) is 0.167. The molecule has 0 fully saturated rings. The van der Waals surface area contributed by atoms with Gasteiger partial charge < -0.3 is 10.1 Å². The first-order valence-corrected chi connectivity index (χ1v) is 9.93. The third-order valence-electron chi connectivity index (χ3n) is 3.48. The zero-order valence-electron chi connectivity index (χ0n) is 14.5. The minimum absolute atomic E-state index is 0.0207. The summed E-state index contributed by atoms with van der Waals surface area (Å²) in [7, 11) is -3.63. The summed E-state index contributed by atoms with van der Waals surface area (Å²) in [5.41, 5.74) is 0.571. The molecular formula is C18H16ClNO6S. The van der Waals surface area contributed by atoms with Crippen molar-refractivity contribution < 1.29 is 27.5 Å². The van der Waals surface area contributed by atoms with Gasteiger partial charge in [-0.25, -0.2) is 13.2 Å². The highest BCUT2D eigenvalue weighted by Crippen LogP contribution is 2.23. The predicted molar refractivity (Wildman–Crippen MR) is 99.9 cm³/mol. The standard InChI is InChI=1S/C18H16ClNO6S/c1-11(21)13-5-3-4-6-15(13)20-17(22)10-26-18(23)12-7-8-14(19)16(9-12)27(2,24)25/h3-9H,10H2,1-2H3,(H,20,22). The van der Waals surface area contributed by atoms with Gasteiger partial charge in [0.25, 0.3) is 5.91 Å². The molecule has 0 bridgehead atoms. The van der Waals surface area contributed by atoms with Gasteiger partial charge in [-0.05, 0) is 37.3 Å². The second-order valence-corrected chi connectivity index (χ2v) is 8.03. The normalized spacial score (nSPS) is 10.9. The maximum absolute atomic E-state index is 12.1. The molecule has 0 aliphatic rings. The van der Waals surface area contributed by atoms with Crippen LogP contribution in [0.1, 0.15) is 27.6 Å². The van der Waals surface area contributed by atoms with E-state index < -0.39 is 28.3 Å². The number of sulfone groups is 1. The average molecular weight is 410 g/mol. The number of halogens is 1. The summed E-state index contributed by atoms with van der Waals surface area (Å²) in [6.07, 6.45) is 0.962. The second kappa shape index (κ2) is 8.32. The second-order valence-electron chi connectivity index (χ2n) is 5.64. The first-order valence-electron chi connectivity index (χ1n) is 7.66. The van der Waals surface area contributed by atoms with Gasteiger partial charge in [0.1, 0.15) is 0 Å². The van der Waals surface area contributed by atoms with E-state index in [0.29, 0.717) is 11.3 Å². The van der Waals surface area contributed by atoms with Crippen LogP contribution in [0.3, 0.4) is 0 Å². The summed E-state index contributed by atoms with van der Waals surface area (Å²) >= 11 is 5.82. The zero-order valence-corrected chi connectivity index (χ0v) is 16.1. The number of para-hydroxylation sites is 1. The van der Waals surface area contributed by atoms with E-state index in [1.54, 1.807) is 24.3 Å². The van der Waals surface area contributed by atoms with Gasteiger partial charge in [-0.3, -0.25) is 9.59 Å². The molecule has 27 heavy (non-hydrogen) atoms. The molecule has 0 unspecified atom stereocenters. The quantitative estimate of drug-likeness (QED) is 0.580. The highest BCUT2D eigenvalue weighted by molar-refractivity contribution is 7.90. The SMILES string of the molecule is CC(=O)c1ccccc1NC(=O)COC(=O)c1ccc(Cl)c(S(C)(=O)=O)c1. The molecule has 0 heterocycles. The van der Waals surface area contributed by atoms with Crippen LogP contribution in [0.25, 0.3) is 0 Å².